The van der Waals surface area contributed by atoms with Gasteiger partial charge in [0.15, 0.2) is 5.78 Å². The summed E-state index contributed by atoms with van der Waals surface area (Å²) in [5, 5.41) is 21.5. The van der Waals surface area contributed by atoms with E-state index < -0.39 is 11.0 Å². The summed E-state index contributed by atoms with van der Waals surface area (Å²) < 4.78 is 0. The smallest absolute Gasteiger partial charge is 0.162 e. The SMILES string of the molecule is CC(=O)[C@@]1(O)[C@@H](C)C[C@H]2[C@@H]3CCC4C[C@H](O)CC[C@]4(C)[C@H]3C(=O)C[C@@]21C. The van der Waals surface area contributed by atoms with Gasteiger partial charge in [0.05, 0.1) is 6.10 Å². The lowest BCUT2D eigenvalue weighted by Gasteiger charge is -2.60. The molecule has 4 nitrogen and oxygen atoms in total. The van der Waals surface area contributed by atoms with Gasteiger partial charge in [-0.05, 0) is 74.5 Å². The van der Waals surface area contributed by atoms with Gasteiger partial charge < -0.3 is 10.2 Å². The first kappa shape index (κ1) is 18.6. The van der Waals surface area contributed by atoms with Crippen LogP contribution < -0.4 is 0 Å². The second-order valence-electron chi connectivity index (χ2n) is 10.5. The van der Waals surface area contributed by atoms with Crippen LogP contribution in [0.4, 0.5) is 0 Å². The molecule has 4 aliphatic rings. The van der Waals surface area contributed by atoms with Crippen molar-refractivity contribution in [1.82, 2.24) is 0 Å². The molecule has 1 unspecified atom stereocenters. The molecule has 0 aromatic rings. The molecule has 146 valence electrons. The van der Waals surface area contributed by atoms with Gasteiger partial charge in [-0.25, -0.2) is 0 Å². The highest BCUT2D eigenvalue weighted by Crippen LogP contribution is 2.68. The Balaban J connectivity index is 1.74. The fourth-order valence-corrected chi connectivity index (χ4v) is 8.13. The lowest BCUT2D eigenvalue weighted by atomic mass is 9.44. The van der Waals surface area contributed by atoms with Crippen molar-refractivity contribution in [2.75, 3.05) is 0 Å². The molecule has 2 N–H and O–H groups in total. The van der Waals surface area contributed by atoms with Gasteiger partial charge in [-0.1, -0.05) is 20.8 Å². The molecule has 0 spiro atoms. The minimum Gasteiger partial charge on any atom is -0.393 e. The van der Waals surface area contributed by atoms with Crippen LogP contribution in [0.5, 0.6) is 0 Å². The van der Waals surface area contributed by atoms with Crippen LogP contribution in [0.1, 0.15) is 72.6 Å². The Morgan fingerprint density at radius 3 is 2.50 bits per heavy atom. The van der Waals surface area contributed by atoms with Crippen molar-refractivity contribution in [2.45, 2.75) is 84.3 Å². The Labute approximate surface area is 156 Å². The highest BCUT2D eigenvalue weighted by Gasteiger charge is 2.70. The second-order valence-corrected chi connectivity index (χ2v) is 10.5. The van der Waals surface area contributed by atoms with E-state index in [-0.39, 0.29) is 46.8 Å². The van der Waals surface area contributed by atoms with Crippen LogP contribution in [0.25, 0.3) is 0 Å². The van der Waals surface area contributed by atoms with E-state index in [0.717, 1.165) is 38.5 Å². The fourth-order valence-electron chi connectivity index (χ4n) is 8.13. The second kappa shape index (κ2) is 5.64. The normalized spacial score (nSPS) is 56.5. The quantitative estimate of drug-likeness (QED) is 0.751. The standard InChI is InChI=1S/C22H34O4/c1-12-9-17-16-6-5-14-10-15(24)7-8-20(14,3)19(16)18(25)11-21(17,4)22(12,26)13(2)23/h12,14-17,19,24,26H,5-11H2,1-4H3/t12-,14?,15+,16-,17-,19+,20-,21-,22-/m0/s1. The van der Waals surface area contributed by atoms with Crippen molar-refractivity contribution in [2.24, 2.45) is 40.4 Å². The highest BCUT2D eigenvalue weighted by molar-refractivity contribution is 5.90. The van der Waals surface area contributed by atoms with Crippen molar-refractivity contribution in [3.05, 3.63) is 0 Å². The first-order chi connectivity index (χ1) is 12.1. The van der Waals surface area contributed by atoms with Crippen LogP contribution in [0.3, 0.4) is 0 Å². The molecular weight excluding hydrogens is 328 g/mol. The Hall–Kier alpha value is -0.740. The molecule has 0 bridgehead atoms. The molecule has 9 atom stereocenters. The maximum atomic E-state index is 13.5. The Bertz CT molecular complexity index is 644. The van der Waals surface area contributed by atoms with Gasteiger partial charge in [-0.15, -0.1) is 0 Å². The molecule has 0 aromatic heterocycles. The first-order valence-electron chi connectivity index (χ1n) is 10.5. The van der Waals surface area contributed by atoms with Gasteiger partial charge >= 0.3 is 0 Å². The van der Waals surface area contributed by atoms with Gasteiger partial charge in [-0.2, -0.15) is 0 Å². The monoisotopic (exact) mass is 362 g/mol. The maximum absolute atomic E-state index is 13.5. The third-order valence-electron chi connectivity index (χ3n) is 9.44. The molecule has 0 saturated heterocycles. The van der Waals surface area contributed by atoms with Crippen molar-refractivity contribution in [3.63, 3.8) is 0 Å². The van der Waals surface area contributed by atoms with Gasteiger partial charge in [0.2, 0.25) is 0 Å². The van der Waals surface area contributed by atoms with Gasteiger partial charge in [0.1, 0.15) is 11.4 Å². The van der Waals surface area contributed by atoms with E-state index in [1.807, 2.05) is 13.8 Å². The highest BCUT2D eigenvalue weighted by atomic mass is 16.3. The maximum Gasteiger partial charge on any atom is 0.162 e. The van der Waals surface area contributed by atoms with Gasteiger partial charge in [0, 0.05) is 17.8 Å². The molecule has 0 radical (unpaired) electrons. The molecule has 0 amide bonds. The van der Waals surface area contributed by atoms with Crippen molar-refractivity contribution in [1.29, 1.82) is 0 Å². The number of ketones is 2. The lowest BCUT2D eigenvalue weighted by Crippen LogP contribution is -2.62. The van der Waals surface area contributed by atoms with Crippen molar-refractivity contribution >= 4 is 11.6 Å². The summed E-state index contributed by atoms with van der Waals surface area (Å²) in [7, 11) is 0. The number of aliphatic hydroxyl groups excluding tert-OH is 1. The van der Waals surface area contributed by atoms with Crippen LogP contribution in [0, 0.1) is 40.4 Å². The van der Waals surface area contributed by atoms with E-state index in [4.69, 9.17) is 0 Å². The average Bonchev–Trinajstić information content (AvgIpc) is 2.76. The topological polar surface area (TPSA) is 74.6 Å². The summed E-state index contributed by atoms with van der Waals surface area (Å²) in [6, 6.07) is 0. The first-order valence-corrected chi connectivity index (χ1v) is 10.5. The molecule has 0 heterocycles. The molecule has 26 heavy (non-hydrogen) atoms. The average molecular weight is 363 g/mol. The van der Waals surface area contributed by atoms with Crippen LogP contribution >= 0.6 is 0 Å². The van der Waals surface area contributed by atoms with Crippen LogP contribution in [0.15, 0.2) is 0 Å². The molecule has 4 heteroatoms. The predicted octanol–water partition coefficient (Wildman–Crippen LogP) is 3.14. The third kappa shape index (κ3) is 2.09. The summed E-state index contributed by atoms with van der Waals surface area (Å²) in [4.78, 5) is 25.9. The van der Waals surface area contributed by atoms with Crippen LogP contribution in [-0.2, 0) is 9.59 Å². The predicted molar refractivity (Wildman–Crippen MR) is 98.3 cm³/mol. The lowest BCUT2D eigenvalue weighted by molar-refractivity contribution is -0.180. The van der Waals surface area contributed by atoms with Crippen molar-refractivity contribution in [3.8, 4) is 0 Å². The number of hydrogen-bond acceptors (Lipinski definition) is 4. The summed E-state index contributed by atoms with van der Waals surface area (Å²) in [6.07, 6.45) is 5.52. The summed E-state index contributed by atoms with van der Waals surface area (Å²) in [6.45, 7) is 7.74. The van der Waals surface area contributed by atoms with E-state index in [9.17, 15) is 19.8 Å². The zero-order valence-electron chi connectivity index (χ0n) is 16.6. The summed E-state index contributed by atoms with van der Waals surface area (Å²) in [5.74, 6) is 0.945. The van der Waals surface area contributed by atoms with Gasteiger partial charge in [0.25, 0.3) is 0 Å². The number of rotatable bonds is 1. The Kier molecular flexibility index (Phi) is 4.03. The summed E-state index contributed by atoms with van der Waals surface area (Å²) >= 11 is 0. The molecular formula is C22H34O4. The number of carbonyl (C=O) groups excluding carboxylic acids is 2. The molecule has 4 rings (SSSR count). The van der Waals surface area contributed by atoms with E-state index in [2.05, 4.69) is 6.92 Å². The molecule has 0 aliphatic heterocycles. The van der Waals surface area contributed by atoms with Crippen LogP contribution in [-0.4, -0.2) is 33.5 Å². The minimum absolute atomic E-state index is 0.0271. The zero-order valence-corrected chi connectivity index (χ0v) is 16.6. The Morgan fingerprint density at radius 1 is 1.15 bits per heavy atom. The van der Waals surface area contributed by atoms with Crippen molar-refractivity contribution < 1.29 is 19.8 Å². The number of fused-ring (bicyclic) bond motifs is 5. The van der Waals surface area contributed by atoms with E-state index in [0.29, 0.717) is 12.3 Å². The molecule has 4 saturated carbocycles. The number of Topliss-reactive ketones (excluding diaryl/α,β-unsaturated/α-hetero) is 2. The number of aliphatic hydroxyl groups is 2. The molecule has 4 aliphatic carbocycles. The fraction of sp³-hybridized carbons (Fsp3) is 0.909. The van der Waals surface area contributed by atoms with E-state index in [1.165, 1.54) is 6.92 Å². The summed E-state index contributed by atoms with van der Waals surface area (Å²) in [5.41, 5.74) is -2.03. The van der Waals surface area contributed by atoms with E-state index >= 15 is 0 Å². The minimum atomic E-state index is -1.38. The van der Waals surface area contributed by atoms with Crippen LogP contribution in [0.2, 0.25) is 0 Å². The van der Waals surface area contributed by atoms with E-state index in [1.54, 1.807) is 0 Å². The van der Waals surface area contributed by atoms with Gasteiger partial charge in [-0.3, -0.25) is 9.59 Å². The number of hydrogen-bond donors (Lipinski definition) is 2. The molecule has 0 aromatic carbocycles. The zero-order chi connectivity index (χ0) is 19.1. The third-order valence-corrected chi connectivity index (χ3v) is 9.44. The Morgan fingerprint density at radius 2 is 1.85 bits per heavy atom. The number of carbonyl (C=O) groups is 2. The molecule has 4 fully saturated rings. The largest absolute Gasteiger partial charge is 0.393 e.